The summed E-state index contributed by atoms with van der Waals surface area (Å²) in [4.78, 5) is 5.95. The zero-order chi connectivity index (χ0) is 15.9. The summed E-state index contributed by atoms with van der Waals surface area (Å²) in [7, 11) is 5.47. The molecule has 0 saturated heterocycles. The van der Waals surface area contributed by atoms with Crippen molar-refractivity contribution in [2.24, 2.45) is 4.99 Å². The maximum absolute atomic E-state index is 11.9. The lowest BCUT2D eigenvalue weighted by atomic mass is 10.1. The minimum Gasteiger partial charge on any atom is -0.367 e. The molecule has 0 aliphatic carbocycles. The molecule has 126 valence electrons. The summed E-state index contributed by atoms with van der Waals surface area (Å²) in [5.41, 5.74) is 1.72. The van der Waals surface area contributed by atoms with Gasteiger partial charge in [0.2, 0.25) is 0 Å². The summed E-state index contributed by atoms with van der Waals surface area (Å²) < 4.78 is 40.5. The number of hydrogen-bond acceptors (Lipinski definition) is 2. The van der Waals surface area contributed by atoms with Crippen molar-refractivity contribution in [2.75, 3.05) is 27.7 Å². The molecule has 0 aromatic heterocycles. The van der Waals surface area contributed by atoms with Crippen molar-refractivity contribution in [1.29, 1.82) is 0 Å². The van der Waals surface area contributed by atoms with Crippen molar-refractivity contribution in [1.82, 2.24) is 10.2 Å². The molecule has 22 heavy (non-hydrogen) atoms. The van der Waals surface area contributed by atoms with Crippen LogP contribution in [-0.4, -0.2) is 44.8 Å². The third-order valence-electron chi connectivity index (χ3n) is 2.64. The molecule has 0 unspecified atom stereocenters. The van der Waals surface area contributed by atoms with E-state index in [9.17, 15) is 13.2 Å². The molecule has 1 rings (SSSR count). The number of halogens is 4. The minimum atomic E-state index is -4.29. The first-order valence-corrected chi connectivity index (χ1v) is 6.42. The third-order valence-corrected chi connectivity index (χ3v) is 2.64. The minimum absolute atomic E-state index is 0. The lowest BCUT2D eigenvalue weighted by Gasteiger charge is -2.17. The maximum Gasteiger partial charge on any atom is 0.411 e. The summed E-state index contributed by atoms with van der Waals surface area (Å²) in [6.07, 6.45) is -4.29. The van der Waals surface area contributed by atoms with Crippen molar-refractivity contribution in [3.05, 3.63) is 35.4 Å². The fourth-order valence-electron chi connectivity index (χ4n) is 1.66. The third kappa shape index (κ3) is 8.42. The molecular weight excluding hydrogens is 410 g/mol. The Hall–Kier alpha value is -1.03. The average molecular weight is 431 g/mol. The van der Waals surface area contributed by atoms with Crippen LogP contribution in [-0.2, 0) is 17.9 Å². The fourth-order valence-corrected chi connectivity index (χ4v) is 1.66. The van der Waals surface area contributed by atoms with E-state index in [4.69, 9.17) is 0 Å². The Bertz CT molecular complexity index is 461. The zero-order valence-corrected chi connectivity index (χ0v) is 15.1. The smallest absolute Gasteiger partial charge is 0.367 e. The number of hydrogen-bond donors (Lipinski definition) is 1. The molecule has 0 aliphatic rings. The second-order valence-corrected chi connectivity index (χ2v) is 4.72. The van der Waals surface area contributed by atoms with E-state index in [1.165, 1.54) is 0 Å². The average Bonchev–Trinajstić information content (AvgIpc) is 2.39. The van der Waals surface area contributed by atoms with Gasteiger partial charge in [-0.05, 0) is 11.1 Å². The Morgan fingerprint density at radius 1 is 1.18 bits per heavy atom. The van der Waals surface area contributed by atoms with Gasteiger partial charge >= 0.3 is 6.18 Å². The Kier molecular flexibility index (Phi) is 9.42. The van der Waals surface area contributed by atoms with Gasteiger partial charge in [0.05, 0.1) is 6.61 Å². The number of guanidine groups is 1. The fraction of sp³-hybridized carbons (Fsp3) is 0.500. The van der Waals surface area contributed by atoms with Crippen molar-refractivity contribution in [3.63, 3.8) is 0 Å². The van der Waals surface area contributed by atoms with Crippen LogP contribution in [0.15, 0.2) is 29.3 Å². The molecule has 0 amide bonds. The summed E-state index contributed by atoms with van der Waals surface area (Å²) in [6.45, 7) is -0.684. The predicted octanol–water partition coefficient (Wildman–Crippen LogP) is 3.02. The van der Waals surface area contributed by atoms with Gasteiger partial charge in [0, 0.05) is 27.7 Å². The Labute approximate surface area is 145 Å². The molecule has 0 fully saturated rings. The molecule has 0 spiro atoms. The van der Waals surface area contributed by atoms with Crippen LogP contribution >= 0.6 is 24.0 Å². The number of rotatable bonds is 5. The molecule has 1 aromatic carbocycles. The van der Waals surface area contributed by atoms with Crippen molar-refractivity contribution in [3.8, 4) is 0 Å². The van der Waals surface area contributed by atoms with E-state index in [1.807, 2.05) is 31.1 Å². The molecular formula is C14H21F3IN3O. The highest BCUT2D eigenvalue weighted by atomic mass is 127. The number of aliphatic imine (C=N–C) groups is 1. The molecule has 0 atom stereocenters. The molecule has 4 nitrogen and oxygen atoms in total. The molecule has 0 saturated carbocycles. The number of alkyl halides is 3. The lowest BCUT2D eigenvalue weighted by molar-refractivity contribution is -0.176. The highest BCUT2D eigenvalue weighted by Gasteiger charge is 2.27. The van der Waals surface area contributed by atoms with Crippen LogP contribution in [0.3, 0.4) is 0 Å². The number of benzene rings is 1. The summed E-state index contributed by atoms with van der Waals surface area (Å²) in [5.74, 6) is 0.757. The normalized spacial score (nSPS) is 11.8. The Balaban J connectivity index is 0.00000441. The van der Waals surface area contributed by atoms with Gasteiger partial charge in [-0.1, -0.05) is 24.3 Å². The van der Waals surface area contributed by atoms with Crippen molar-refractivity contribution >= 4 is 29.9 Å². The van der Waals surface area contributed by atoms with Crippen molar-refractivity contribution in [2.45, 2.75) is 19.3 Å². The Morgan fingerprint density at radius 2 is 1.73 bits per heavy atom. The first-order valence-electron chi connectivity index (χ1n) is 6.42. The van der Waals surface area contributed by atoms with Crippen LogP contribution in [0.5, 0.6) is 0 Å². The molecule has 0 aliphatic heterocycles. The molecule has 0 bridgehead atoms. The van der Waals surface area contributed by atoms with Gasteiger partial charge in [0.1, 0.15) is 6.61 Å². The van der Waals surface area contributed by atoms with Gasteiger partial charge in [-0.25, -0.2) is 0 Å². The first kappa shape index (κ1) is 21.0. The highest BCUT2D eigenvalue weighted by Crippen LogP contribution is 2.15. The van der Waals surface area contributed by atoms with Crippen LogP contribution in [0.4, 0.5) is 13.2 Å². The monoisotopic (exact) mass is 431 g/mol. The molecule has 8 heteroatoms. The van der Waals surface area contributed by atoms with Gasteiger partial charge in [-0.3, -0.25) is 4.99 Å². The number of ether oxygens (including phenoxy) is 1. The second-order valence-electron chi connectivity index (χ2n) is 4.72. The Morgan fingerprint density at radius 3 is 2.18 bits per heavy atom. The summed E-state index contributed by atoms with van der Waals surface area (Å²) >= 11 is 0. The van der Waals surface area contributed by atoms with Crippen LogP contribution in [0.25, 0.3) is 0 Å². The largest absolute Gasteiger partial charge is 0.411 e. The van der Waals surface area contributed by atoms with E-state index < -0.39 is 12.8 Å². The zero-order valence-electron chi connectivity index (χ0n) is 12.8. The number of nitrogens with zero attached hydrogens (tertiary/aromatic N) is 2. The van der Waals surface area contributed by atoms with Gasteiger partial charge in [0.25, 0.3) is 0 Å². The summed E-state index contributed by atoms with van der Waals surface area (Å²) in [6, 6.07) is 7.21. The molecule has 1 aromatic rings. The highest BCUT2D eigenvalue weighted by molar-refractivity contribution is 14.0. The molecule has 0 radical (unpaired) electrons. The SMILES string of the molecule is CN=C(NCc1ccc(COCC(F)(F)F)cc1)N(C)C.I. The van der Waals surface area contributed by atoms with Crippen molar-refractivity contribution < 1.29 is 17.9 Å². The van der Waals surface area contributed by atoms with E-state index in [0.717, 1.165) is 11.5 Å². The van der Waals surface area contributed by atoms with E-state index >= 15 is 0 Å². The molecule has 0 heterocycles. The van der Waals surface area contributed by atoms with Crippen LogP contribution < -0.4 is 5.32 Å². The van der Waals surface area contributed by atoms with Crippen LogP contribution in [0.1, 0.15) is 11.1 Å². The maximum atomic E-state index is 11.9. The van der Waals surface area contributed by atoms with Crippen LogP contribution in [0, 0.1) is 0 Å². The second kappa shape index (κ2) is 9.88. The standard InChI is InChI=1S/C14H20F3N3O.HI/c1-18-13(20(2)3)19-8-11-4-6-12(7-5-11)9-21-10-14(15,16)17;/h4-7H,8-10H2,1-3H3,(H,18,19);1H. The lowest BCUT2D eigenvalue weighted by Crippen LogP contribution is -2.35. The van der Waals surface area contributed by atoms with Gasteiger partial charge < -0.3 is 15.0 Å². The predicted molar refractivity (Wildman–Crippen MR) is 91.5 cm³/mol. The van der Waals surface area contributed by atoms with Gasteiger partial charge in [-0.2, -0.15) is 13.2 Å². The van der Waals surface area contributed by atoms with Gasteiger partial charge in [-0.15, -0.1) is 24.0 Å². The molecule has 1 N–H and O–H groups in total. The van der Waals surface area contributed by atoms with E-state index in [0.29, 0.717) is 12.1 Å². The van der Waals surface area contributed by atoms with E-state index in [-0.39, 0.29) is 30.6 Å². The van der Waals surface area contributed by atoms with Gasteiger partial charge in [0.15, 0.2) is 5.96 Å². The topological polar surface area (TPSA) is 36.9 Å². The first-order chi connectivity index (χ1) is 9.81. The number of nitrogens with one attached hydrogen (secondary N) is 1. The summed E-state index contributed by atoms with van der Waals surface area (Å²) in [5, 5.41) is 3.16. The van der Waals surface area contributed by atoms with E-state index in [1.54, 1.807) is 19.2 Å². The van der Waals surface area contributed by atoms with Crippen LogP contribution in [0.2, 0.25) is 0 Å². The quantitative estimate of drug-likeness (QED) is 0.443. The van der Waals surface area contributed by atoms with E-state index in [2.05, 4.69) is 15.0 Å².